The van der Waals surface area contributed by atoms with E-state index in [2.05, 4.69) is 20.9 Å². The van der Waals surface area contributed by atoms with Crippen LogP contribution in [-0.2, 0) is 0 Å². The van der Waals surface area contributed by atoms with Crippen LogP contribution in [0.4, 0.5) is 4.39 Å². The number of ether oxygens (including phenoxy) is 1. The fraction of sp³-hybridized carbons (Fsp3) is 0.0526. The van der Waals surface area contributed by atoms with Gasteiger partial charge in [-0.25, -0.2) is 9.37 Å². The number of halogens is 4. The van der Waals surface area contributed by atoms with Crippen molar-refractivity contribution >= 4 is 45.4 Å². The molecule has 0 N–H and O–H groups in total. The molecule has 0 aliphatic heterocycles. The predicted octanol–water partition coefficient (Wildman–Crippen LogP) is 6.45. The molecule has 0 saturated carbocycles. The van der Waals surface area contributed by atoms with Crippen molar-refractivity contribution < 1.29 is 13.9 Å². The molecule has 0 radical (unpaired) electrons. The molecule has 2 aromatic carbocycles. The van der Waals surface area contributed by atoms with Gasteiger partial charge < -0.3 is 4.74 Å². The number of aromatic nitrogens is 1. The van der Waals surface area contributed by atoms with Crippen molar-refractivity contribution in [2.24, 2.45) is 0 Å². The number of hydrogen-bond donors (Lipinski definition) is 0. The molecule has 0 aliphatic rings. The minimum Gasteiger partial charge on any atom is -0.480 e. The Morgan fingerprint density at radius 3 is 2.50 bits per heavy atom. The van der Waals surface area contributed by atoms with E-state index < -0.39 is 5.82 Å². The molecule has 3 rings (SSSR count). The summed E-state index contributed by atoms with van der Waals surface area (Å²) in [5.41, 5.74) is 2.06. The molecule has 132 valence electrons. The van der Waals surface area contributed by atoms with Crippen LogP contribution in [0.25, 0.3) is 22.4 Å². The first-order chi connectivity index (χ1) is 12.5. The van der Waals surface area contributed by atoms with Crippen molar-refractivity contribution in [3.05, 3.63) is 68.4 Å². The van der Waals surface area contributed by atoms with Gasteiger partial charge in [-0.2, -0.15) is 0 Å². The van der Waals surface area contributed by atoms with Crippen molar-refractivity contribution in [3.63, 3.8) is 0 Å². The molecule has 0 spiro atoms. The maximum Gasteiger partial charge on any atom is 0.224 e. The van der Waals surface area contributed by atoms with E-state index in [1.165, 1.54) is 19.2 Å². The van der Waals surface area contributed by atoms with E-state index in [1.807, 2.05) is 0 Å². The molecule has 1 heterocycles. The second-order valence-corrected chi connectivity index (χ2v) is 6.94. The first kappa shape index (κ1) is 18.8. The Balaban J connectivity index is 2.23. The lowest BCUT2D eigenvalue weighted by Gasteiger charge is -2.13. The van der Waals surface area contributed by atoms with Gasteiger partial charge in [-0.15, -0.1) is 0 Å². The molecule has 3 aromatic rings. The maximum absolute atomic E-state index is 14.3. The second-order valence-electron chi connectivity index (χ2n) is 5.33. The molecule has 1 aromatic heterocycles. The summed E-state index contributed by atoms with van der Waals surface area (Å²) in [5.74, 6) is -0.351. The lowest BCUT2D eigenvalue weighted by atomic mass is 10.0. The summed E-state index contributed by atoms with van der Waals surface area (Å²) >= 11 is 16.2. The summed E-state index contributed by atoms with van der Waals surface area (Å²) in [7, 11) is 1.40. The Morgan fingerprint density at radius 2 is 1.81 bits per heavy atom. The smallest absolute Gasteiger partial charge is 0.224 e. The van der Waals surface area contributed by atoms with Crippen molar-refractivity contribution in [2.45, 2.75) is 0 Å². The zero-order chi connectivity index (χ0) is 18.8. The second kappa shape index (κ2) is 7.74. The summed E-state index contributed by atoms with van der Waals surface area (Å²) in [6.07, 6.45) is 0.634. The third-order valence-electron chi connectivity index (χ3n) is 3.77. The van der Waals surface area contributed by atoms with E-state index in [4.69, 9.17) is 27.9 Å². The van der Waals surface area contributed by atoms with E-state index in [-0.39, 0.29) is 5.88 Å². The Bertz CT molecular complexity index is 1010. The van der Waals surface area contributed by atoms with Gasteiger partial charge in [0.15, 0.2) is 6.29 Å². The van der Waals surface area contributed by atoms with Crippen molar-refractivity contribution in [3.8, 4) is 28.3 Å². The number of pyridine rings is 1. The SMILES string of the molecule is COc1nc(-c2cc(F)cc(-c3cccc(Br)c3Cl)c2Cl)ccc1C=O. The lowest BCUT2D eigenvalue weighted by molar-refractivity contribution is 0.112. The fourth-order valence-electron chi connectivity index (χ4n) is 2.54. The molecular weight excluding hydrogens is 444 g/mol. The predicted molar refractivity (Wildman–Crippen MR) is 105 cm³/mol. The molecule has 0 unspecified atom stereocenters. The topological polar surface area (TPSA) is 39.2 Å². The summed E-state index contributed by atoms with van der Waals surface area (Å²) in [6, 6.07) is 11.0. The van der Waals surface area contributed by atoms with Crippen LogP contribution in [0.1, 0.15) is 10.4 Å². The van der Waals surface area contributed by atoms with Gasteiger partial charge in [0.25, 0.3) is 0 Å². The number of rotatable bonds is 4. The van der Waals surface area contributed by atoms with Gasteiger partial charge in [-0.1, -0.05) is 35.3 Å². The minimum absolute atomic E-state index is 0.139. The Morgan fingerprint density at radius 1 is 1.08 bits per heavy atom. The largest absolute Gasteiger partial charge is 0.480 e. The Kier molecular flexibility index (Phi) is 5.61. The summed E-state index contributed by atoms with van der Waals surface area (Å²) in [4.78, 5) is 15.3. The first-order valence-electron chi connectivity index (χ1n) is 7.40. The van der Waals surface area contributed by atoms with E-state index in [9.17, 15) is 9.18 Å². The molecule has 0 saturated heterocycles. The third kappa shape index (κ3) is 3.47. The van der Waals surface area contributed by atoms with Crippen molar-refractivity contribution in [2.75, 3.05) is 7.11 Å². The van der Waals surface area contributed by atoms with Crippen molar-refractivity contribution in [1.29, 1.82) is 0 Å². The van der Waals surface area contributed by atoms with E-state index in [0.717, 1.165) is 0 Å². The third-order valence-corrected chi connectivity index (χ3v) is 5.47. The first-order valence-corrected chi connectivity index (χ1v) is 8.95. The van der Waals surface area contributed by atoms with Crippen LogP contribution in [-0.4, -0.2) is 18.4 Å². The van der Waals surface area contributed by atoms with E-state index in [0.29, 0.717) is 48.8 Å². The number of benzene rings is 2. The number of hydrogen-bond acceptors (Lipinski definition) is 3. The summed E-state index contributed by atoms with van der Waals surface area (Å²) in [6.45, 7) is 0. The highest BCUT2D eigenvalue weighted by molar-refractivity contribution is 9.10. The molecule has 0 amide bonds. The van der Waals surface area contributed by atoms with Crippen LogP contribution in [0.5, 0.6) is 5.88 Å². The summed E-state index contributed by atoms with van der Waals surface area (Å²) in [5, 5.41) is 0.715. The van der Waals surface area contributed by atoms with Crippen LogP contribution in [0.15, 0.2) is 46.9 Å². The van der Waals surface area contributed by atoms with Gasteiger partial charge >= 0.3 is 0 Å². The van der Waals surface area contributed by atoms with E-state index in [1.54, 1.807) is 30.3 Å². The molecular formula is C19H11BrCl2FNO2. The van der Waals surface area contributed by atoms with Crippen molar-refractivity contribution in [1.82, 2.24) is 4.98 Å². The van der Waals surface area contributed by atoms with Gasteiger partial charge in [0.1, 0.15) is 5.82 Å². The van der Waals surface area contributed by atoms with Gasteiger partial charge in [0.2, 0.25) is 5.88 Å². The highest BCUT2D eigenvalue weighted by atomic mass is 79.9. The standard InChI is InChI=1S/C19H11BrCl2FNO2/c1-26-19-10(9-25)5-6-16(24-19)14-8-11(23)7-13(17(14)21)12-3-2-4-15(20)18(12)22/h2-9H,1H3. The number of aldehydes is 1. The monoisotopic (exact) mass is 453 g/mol. The zero-order valence-corrected chi connectivity index (χ0v) is 16.5. The number of carbonyl (C=O) groups excluding carboxylic acids is 1. The molecule has 7 heteroatoms. The lowest BCUT2D eigenvalue weighted by Crippen LogP contribution is -1.97. The van der Waals surface area contributed by atoms with Crippen LogP contribution >= 0.6 is 39.1 Å². The molecule has 0 fully saturated rings. The fourth-order valence-corrected chi connectivity index (χ4v) is 3.44. The summed E-state index contributed by atoms with van der Waals surface area (Å²) < 4.78 is 20.1. The zero-order valence-electron chi connectivity index (χ0n) is 13.4. The van der Waals surface area contributed by atoms with Gasteiger partial charge in [-0.3, -0.25) is 4.79 Å². The number of nitrogens with zero attached hydrogens (tertiary/aromatic N) is 1. The van der Waals surface area contributed by atoms with Gasteiger partial charge in [0, 0.05) is 21.2 Å². The van der Waals surface area contributed by atoms with Crippen LogP contribution in [0.3, 0.4) is 0 Å². The maximum atomic E-state index is 14.3. The number of carbonyl (C=O) groups is 1. The normalized spacial score (nSPS) is 10.7. The Hall–Kier alpha value is -1.95. The average molecular weight is 455 g/mol. The quantitative estimate of drug-likeness (QED) is 0.425. The highest BCUT2D eigenvalue weighted by Gasteiger charge is 2.18. The van der Waals surface area contributed by atoms with Gasteiger partial charge in [0.05, 0.1) is 28.4 Å². The molecule has 0 atom stereocenters. The molecule has 0 bridgehead atoms. The van der Waals surface area contributed by atoms with Gasteiger partial charge in [-0.05, 0) is 46.3 Å². The number of methoxy groups -OCH3 is 1. The van der Waals surface area contributed by atoms with Crippen LogP contribution < -0.4 is 4.74 Å². The molecule has 0 aliphatic carbocycles. The van der Waals surface area contributed by atoms with Crippen LogP contribution in [0, 0.1) is 5.82 Å². The average Bonchev–Trinajstić information content (AvgIpc) is 2.65. The molecule has 26 heavy (non-hydrogen) atoms. The molecule has 3 nitrogen and oxygen atoms in total. The minimum atomic E-state index is -0.490. The highest BCUT2D eigenvalue weighted by Crippen LogP contribution is 2.41. The van der Waals surface area contributed by atoms with Crippen LogP contribution in [0.2, 0.25) is 10.0 Å². The Labute approximate surface area is 167 Å². The van der Waals surface area contributed by atoms with E-state index >= 15 is 0 Å².